The minimum Gasteiger partial charge on any atom is -0.271 e. The SMILES string of the molecule is CCCCCCCCC(CSC1CCCC1)NN. The summed E-state index contributed by atoms with van der Waals surface area (Å²) < 4.78 is 0. The molecule has 1 aliphatic carbocycles. The first-order valence-electron chi connectivity index (χ1n) is 7.94. The number of thioether (sulfide) groups is 1. The number of nitrogens with two attached hydrogens (primary N) is 1. The van der Waals surface area contributed by atoms with Crippen LogP contribution in [-0.4, -0.2) is 17.0 Å². The predicted molar refractivity (Wildman–Crippen MR) is 83.8 cm³/mol. The lowest BCUT2D eigenvalue weighted by molar-refractivity contribution is 0.494. The van der Waals surface area contributed by atoms with Gasteiger partial charge in [0, 0.05) is 17.0 Å². The van der Waals surface area contributed by atoms with Crippen LogP contribution in [0.2, 0.25) is 0 Å². The van der Waals surface area contributed by atoms with Gasteiger partial charge in [-0.3, -0.25) is 11.3 Å². The highest BCUT2D eigenvalue weighted by Gasteiger charge is 2.17. The van der Waals surface area contributed by atoms with Crippen molar-refractivity contribution in [1.82, 2.24) is 5.43 Å². The van der Waals surface area contributed by atoms with Gasteiger partial charge in [0.25, 0.3) is 0 Å². The van der Waals surface area contributed by atoms with Crippen LogP contribution in [0.5, 0.6) is 0 Å². The van der Waals surface area contributed by atoms with Gasteiger partial charge in [0.15, 0.2) is 0 Å². The van der Waals surface area contributed by atoms with Crippen LogP contribution in [0, 0.1) is 0 Å². The molecule has 0 aliphatic heterocycles. The van der Waals surface area contributed by atoms with E-state index in [0.29, 0.717) is 6.04 Å². The summed E-state index contributed by atoms with van der Waals surface area (Å²) in [6, 6.07) is 0.529. The van der Waals surface area contributed by atoms with Crippen molar-refractivity contribution in [3.63, 3.8) is 0 Å². The molecule has 1 fully saturated rings. The summed E-state index contributed by atoms with van der Waals surface area (Å²) in [4.78, 5) is 0. The zero-order valence-electron chi connectivity index (χ0n) is 12.1. The second-order valence-electron chi connectivity index (χ2n) is 5.66. The van der Waals surface area contributed by atoms with Crippen molar-refractivity contribution in [1.29, 1.82) is 0 Å². The monoisotopic (exact) mass is 272 g/mol. The molecule has 1 rings (SSSR count). The minimum absolute atomic E-state index is 0.529. The molecule has 3 N–H and O–H groups in total. The topological polar surface area (TPSA) is 38.0 Å². The van der Waals surface area contributed by atoms with E-state index in [1.54, 1.807) is 0 Å². The smallest absolute Gasteiger partial charge is 0.0301 e. The van der Waals surface area contributed by atoms with Gasteiger partial charge < -0.3 is 0 Å². The van der Waals surface area contributed by atoms with Gasteiger partial charge >= 0.3 is 0 Å². The van der Waals surface area contributed by atoms with Gasteiger partial charge in [0.1, 0.15) is 0 Å². The molecule has 2 nitrogen and oxygen atoms in total. The van der Waals surface area contributed by atoms with Gasteiger partial charge in [0.05, 0.1) is 0 Å². The van der Waals surface area contributed by atoms with Crippen molar-refractivity contribution in [2.75, 3.05) is 5.75 Å². The summed E-state index contributed by atoms with van der Waals surface area (Å²) >= 11 is 2.15. The zero-order chi connectivity index (χ0) is 13.1. The summed E-state index contributed by atoms with van der Waals surface area (Å²) in [7, 11) is 0. The fourth-order valence-electron chi connectivity index (χ4n) is 2.69. The molecule has 0 heterocycles. The van der Waals surface area contributed by atoms with Crippen LogP contribution in [0.15, 0.2) is 0 Å². The van der Waals surface area contributed by atoms with Crippen LogP contribution in [0.3, 0.4) is 0 Å². The van der Waals surface area contributed by atoms with Crippen molar-refractivity contribution in [3.8, 4) is 0 Å². The molecule has 1 saturated carbocycles. The Morgan fingerprint density at radius 1 is 1.11 bits per heavy atom. The normalized spacial score (nSPS) is 18.3. The number of hydrazine groups is 1. The molecule has 0 amide bonds. The Bertz CT molecular complexity index is 181. The van der Waals surface area contributed by atoms with E-state index < -0.39 is 0 Å². The Morgan fingerprint density at radius 2 is 1.78 bits per heavy atom. The first-order chi connectivity index (χ1) is 8.86. The molecule has 0 aromatic rings. The Hall–Kier alpha value is 0.270. The number of nitrogens with one attached hydrogen (secondary N) is 1. The fraction of sp³-hybridized carbons (Fsp3) is 1.00. The van der Waals surface area contributed by atoms with Gasteiger partial charge in [0.2, 0.25) is 0 Å². The van der Waals surface area contributed by atoms with Crippen LogP contribution < -0.4 is 11.3 Å². The second kappa shape index (κ2) is 11.1. The maximum atomic E-state index is 5.66. The molecule has 3 heteroatoms. The van der Waals surface area contributed by atoms with E-state index in [0.717, 1.165) is 5.25 Å². The van der Waals surface area contributed by atoms with E-state index in [2.05, 4.69) is 24.1 Å². The molecule has 0 saturated heterocycles. The molecule has 0 radical (unpaired) electrons. The van der Waals surface area contributed by atoms with E-state index in [4.69, 9.17) is 5.84 Å². The molecular weight excluding hydrogens is 240 g/mol. The first-order valence-corrected chi connectivity index (χ1v) is 8.99. The van der Waals surface area contributed by atoms with E-state index >= 15 is 0 Å². The summed E-state index contributed by atoms with van der Waals surface area (Å²) in [6.07, 6.45) is 15.3. The summed E-state index contributed by atoms with van der Waals surface area (Å²) in [5.74, 6) is 6.86. The van der Waals surface area contributed by atoms with Crippen molar-refractivity contribution >= 4 is 11.8 Å². The van der Waals surface area contributed by atoms with Crippen LogP contribution in [0.1, 0.15) is 77.6 Å². The number of unbranched alkanes of at least 4 members (excludes halogenated alkanes) is 5. The highest BCUT2D eigenvalue weighted by molar-refractivity contribution is 7.99. The van der Waals surface area contributed by atoms with Crippen molar-refractivity contribution < 1.29 is 0 Å². The Labute approximate surface area is 118 Å². The highest BCUT2D eigenvalue weighted by Crippen LogP contribution is 2.30. The van der Waals surface area contributed by atoms with Crippen LogP contribution >= 0.6 is 11.8 Å². The molecule has 0 aromatic heterocycles. The molecular formula is C15H32N2S. The van der Waals surface area contributed by atoms with Gasteiger partial charge in [-0.25, -0.2) is 0 Å². The molecule has 1 aliphatic rings. The first kappa shape index (κ1) is 16.3. The van der Waals surface area contributed by atoms with E-state index in [1.165, 1.54) is 76.4 Å². The Morgan fingerprint density at radius 3 is 2.44 bits per heavy atom. The fourth-order valence-corrected chi connectivity index (χ4v) is 4.13. The van der Waals surface area contributed by atoms with Crippen molar-refractivity contribution in [3.05, 3.63) is 0 Å². The quantitative estimate of drug-likeness (QED) is 0.335. The Balaban J connectivity index is 1.95. The number of hydrogen-bond donors (Lipinski definition) is 2. The standard InChI is InChI=1S/C15H32N2S/c1-2-3-4-5-6-7-10-14(17-16)13-18-15-11-8-9-12-15/h14-15,17H,2-13,16H2,1H3. The van der Waals surface area contributed by atoms with E-state index in [1.807, 2.05) is 0 Å². The molecule has 0 aromatic carbocycles. The van der Waals surface area contributed by atoms with Gasteiger partial charge in [-0.1, -0.05) is 58.3 Å². The molecule has 0 spiro atoms. The zero-order valence-corrected chi connectivity index (χ0v) is 12.9. The average Bonchev–Trinajstić information content (AvgIpc) is 2.90. The predicted octanol–water partition coefficient (Wildman–Crippen LogP) is 4.24. The number of rotatable bonds is 11. The maximum absolute atomic E-state index is 5.66. The summed E-state index contributed by atoms with van der Waals surface area (Å²) in [6.45, 7) is 2.27. The average molecular weight is 273 g/mol. The van der Waals surface area contributed by atoms with Gasteiger partial charge in [-0.05, 0) is 19.3 Å². The largest absolute Gasteiger partial charge is 0.271 e. The van der Waals surface area contributed by atoms with E-state index in [9.17, 15) is 0 Å². The molecule has 18 heavy (non-hydrogen) atoms. The molecule has 1 atom stereocenters. The third-order valence-electron chi connectivity index (χ3n) is 3.98. The molecule has 1 unspecified atom stereocenters. The van der Waals surface area contributed by atoms with Crippen LogP contribution in [0.4, 0.5) is 0 Å². The Kier molecular flexibility index (Phi) is 10.1. The van der Waals surface area contributed by atoms with Crippen LogP contribution in [-0.2, 0) is 0 Å². The van der Waals surface area contributed by atoms with Crippen molar-refractivity contribution in [2.24, 2.45) is 5.84 Å². The third kappa shape index (κ3) is 7.65. The minimum atomic E-state index is 0.529. The summed E-state index contributed by atoms with van der Waals surface area (Å²) in [5, 5.41) is 0.922. The maximum Gasteiger partial charge on any atom is 0.0301 e. The van der Waals surface area contributed by atoms with Gasteiger partial charge in [-0.15, -0.1) is 0 Å². The van der Waals surface area contributed by atoms with E-state index in [-0.39, 0.29) is 0 Å². The lowest BCUT2D eigenvalue weighted by Crippen LogP contribution is -2.37. The second-order valence-corrected chi connectivity index (χ2v) is 6.99. The van der Waals surface area contributed by atoms with Gasteiger partial charge in [-0.2, -0.15) is 11.8 Å². The lowest BCUT2D eigenvalue weighted by atomic mass is 10.1. The number of hydrogen-bond acceptors (Lipinski definition) is 3. The highest BCUT2D eigenvalue weighted by atomic mass is 32.2. The third-order valence-corrected chi connectivity index (χ3v) is 5.51. The van der Waals surface area contributed by atoms with Crippen molar-refractivity contribution in [2.45, 2.75) is 88.8 Å². The van der Waals surface area contributed by atoms with Crippen LogP contribution in [0.25, 0.3) is 0 Å². The molecule has 0 bridgehead atoms. The molecule has 108 valence electrons. The summed E-state index contributed by atoms with van der Waals surface area (Å²) in [5.41, 5.74) is 3.01. The lowest BCUT2D eigenvalue weighted by Gasteiger charge is -2.17.